The van der Waals surface area contributed by atoms with Crippen LogP contribution in [0.3, 0.4) is 0 Å². The number of aromatic nitrogens is 1. The Balaban J connectivity index is 1.59. The monoisotopic (exact) mass is 399 g/mol. The number of hydrogen-bond donors (Lipinski definition) is 1. The summed E-state index contributed by atoms with van der Waals surface area (Å²) in [4.78, 5) is 16.7. The van der Waals surface area contributed by atoms with Crippen LogP contribution in [0.2, 0.25) is 0 Å². The summed E-state index contributed by atoms with van der Waals surface area (Å²) in [6.07, 6.45) is 5.82. The normalized spacial score (nSPS) is 20.8. The van der Waals surface area contributed by atoms with E-state index in [1.165, 1.54) is 35.1 Å². The molecule has 1 saturated heterocycles. The second-order valence-corrected chi connectivity index (χ2v) is 9.90. The van der Waals surface area contributed by atoms with Crippen molar-refractivity contribution in [2.45, 2.75) is 53.8 Å². The number of ether oxygens (including phenoxy) is 1. The molecule has 1 saturated carbocycles. The minimum absolute atomic E-state index is 0.00807. The third-order valence-electron chi connectivity index (χ3n) is 4.69. The summed E-state index contributed by atoms with van der Waals surface area (Å²) in [5, 5.41) is 3.44. The van der Waals surface area contributed by atoms with E-state index in [1.54, 1.807) is 12.1 Å². The lowest BCUT2D eigenvalue weighted by Gasteiger charge is -2.25. The van der Waals surface area contributed by atoms with Gasteiger partial charge in [-0.05, 0) is 31.9 Å². The standard InChI is InChI=1S/C17H25N3O4S2/c1-13(17(21)19-14-4-2-3-5-14)25-16-7-6-15(12-18-16)26(22,23)20-8-10-24-11-9-20/h6-7,12-14H,2-5,8-11H2,1H3,(H,19,21)/t13-/m1/s1. The molecule has 0 bridgehead atoms. The van der Waals surface area contributed by atoms with Gasteiger partial charge in [0.25, 0.3) is 0 Å². The van der Waals surface area contributed by atoms with E-state index < -0.39 is 10.0 Å². The first kappa shape index (κ1) is 19.6. The van der Waals surface area contributed by atoms with Gasteiger partial charge in [-0.25, -0.2) is 13.4 Å². The lowest BCUT2D eigenvalue weighted by molar-refractivity contribution is -0.120. The van der Waals surface area contributed by atoms with Gasteiger partial charge in [0.05, 0.1) is 23.5 Å². The van der Waals surface area contributed by atoms with Gasteiger partial charge in [0.1, 0.15) is 4.90 Å². The van der Waals surface area contributed by atoms with E-state index >= 15 is 0 Å². The van der Waals surface area contributed by atoms with Gasteiger partial charge in [-0.2, -0.15) is 4.31 Å². The molecule has 2 heterocycles. The Bertz CT molecular complexity index is 712. The lowest BCUT2D eigenvalue weighted by Crippen LogP contribution is -2.40. The van der Waals surface area contributed by atoms with Crippen LogP contribution in [0.15, 0.2) is 28.3 Å². The molecule has 9 heteroatoms. The van der Waals surface area contributed by atoms with Gasteiger partial charge in [0.2, 0.25) is 15.9 Å². The summed E-state index contributed by atoms with van der Waals surface area (Å²) in [6.45, 7) is 3.38. The number of carbonyl (C=O) groups excluding carboxylic acids is 1. The third-order valence-corrected chi connectivity index (χ3v) is 7.62. The SMILES string of the molecule is C[C@@H](Sc1ccc(S(=O)(=O)N2CCOCC2)cn1)C(=O)NC1CCCC1. The van der Waals surface area contributed by atoms with Crippen LogP contribution in [-0.2, 0) is 19.6 Å². The zero-order chi connectivity index (χ0) is 18.6. The van der Waals surface area contributed by atoms with Crippen molar-refractivity contribution in [3.05, 3.63) is 18.3 Å². The van der Waals surface area contributed by atoms with Crippen LogP contribution < -0.4 is 5.32 Å². The Labute approximate surface area is 158 Å². The minimum Gasteiger partial charge on any atom is -0.379 e. The average molecular weight is 400 g/mol. The molecule has 0 unspecified atom stereocenters. The van der Waals surface area contributed by atoms with Gasteiger partial charge in [0.15, 0.2) is 0 Å². The summed E-state index contributed by atoms with van der Waals surface area (Å²) in [5.41, 5.74) is 0. The molecule has 3 rings (SSSR count). The predicted octanol–water partition coefficient (Wildman–Crippen LogP) is 1.64. The molecule has 144 valence electrons. The van der Waals surface area contributed by atoms with E-state index in [-0.39, 0.29) is 16.1 Å². The van der Waals surface area contributed by atoms with Gasteiger partial charge in [-0.3, -0.25) is 4.79 Å². The fraction of sp³-hybridized carbons (Fsp3) is 0.647. The molecule has 2 aliphatic rings. The quantitative estimate of drug-likeness (QED) is 0.732. The van der Waals surface area contributed by atoms with Crippen LogP contribution in [0.4, 0.5) is 0 Å². The minimum atomic E-state index is -3.54. The van der Waals surface area contributed by atoms with Crippen molar-refractivity contribution in [1.29, 1.82) is 0 Å². The van der Waals surface area contributed by atoms with Crippen LogP contribution in [0.1, 0.15) is 32.6 Å². The molecule has 0 aromatic carbocycles. The number of morpholine rings is 1. The number of amides is 1. The number of pyridine rings is 1. The Hall–Kier alpha value is -1.16. The summed E-state index contributed by atoms with van der Waals surface area (Å²) in [5.74, 6) is 0.00807. The molecule has 0 radical (unpaired) electrons. The molecule has 1 amide bonds. The summed E-state index contributed by atoms with van der Waals surface area (Å²) >= 11 is 1.34. The molecule has 1 aromatic rings. The van der Waals surface area contributed by atoms with E-state index in [1.807, 2.05) is 6.92 Å². The summed E-state index contributed by atoms with van der Waals surface area (Å²) < 4.78 is 31.8. The van der Waals surface area contributed by atoms with Gasteiger partial charge >= 0.3 is 0 Å². The van der Waals surface area contributed by atoms with Crippen molar-refractivity contribution in [3.63, 3.8) is 0 Å². The van der Waals surface area contributed by atoms with Crippen LogP contribution in [0.5, 0.6) is 0 Å². The first-order valence-electron chi connectivity index (χ1n) is 8.98. The molecule has 2 fully saturated rings. The first-order chi connectivity index (χ1) is 12.5. The van der Waals surface area contributed by atoms with Crippen molar-refractivity contribution >= 4 is 27.7 Å². The van der Waals surface area contributed by atoms with Crippen LogP contribution in [-0.4, -0.2) is 61.2 Å². The topological polar surface area (TPSA) is 88.6 Å². The summed E-state index contributed by atoms with van der Waals surface area (Å²) in [6, 6.07) is 3.51. The first-order valence-corrected chi connectivity index (χ1v) is 11.3. The Morgan fingerprint density at radius 1 is 1.31 bits per heavy atom. The number of thioether (sulfide) groups is 1. The largest absolute Gasteiger partial charge is 0.379 e. The average Bonchev–Trinajstić information content (AvgIpc) is 3.16. The van der Waals surface area contributed by atoms with E-state index in [0.29, 0.717) is 37.4 Å². The molecule has 0 spiro atoms. The van der Waals surface area contributed by atoms with E-state index in [0.717, 1.165) is 12.8 Å². The maximum Gasteiger partial charge on any atom is 0.244 e. The number of hydrogen-bond acceptors (Lipinski definition) is 6. The number of rotatable bonds is 6. The van der Waals surface area contributed by atoms with E-state index in [9.17, 15) is 13.2 Å². The Morgan fingerprint density at radius 3 is 2.62 bits per heavy atom. The number of sulfonamides is 1. The molecule has 1 N–H and O–H groups in total. The summed E-state index contributed by atoms with van der Waals surface area (Å²) in [7, 11) is -3.54. The predicted molar refractivity (Wildman–Crippen MR) is 99.5 cm³/mol. The highest BCUT2D eigenvalue weighted by Crippen LogP contribution is 2.25. The molecule has 1 aromatic heterocycles. The van der Waals surface area contributed by atoms with Gasteiger partial charge < -0.3 is 10.1 Å². The van der Waals surface area contributed by atoms with Crippen molar-refractivity contribution in [1.82, 2.24) is 14.6 Å². The Morgan fingerprint density at radius 2 is 2.00 bits per heavy atom. The molecule has 1 aliphatic heterocycles. The third kappa shape index (κ3) is 4.76. The van der Waals surface area contributed by atoms with Crippen molar-refractivity contribution in [2.24, 2.45) is 0 Å². The van der Waals surface area contributed by atoms with Crippen molar-refractivity contribution in [3.8, 4) is 0 Å². The maximum absolute atomic E-state index is 12.6. The zero-order valence-electron chi connectivity index (χ0n) is 14.9. The zero-order valence-corrected chi connectivity index (χ0v) is 16.5. The maximum atomic E-state index is 12.6. The number of carbonyl (C=O) groups is 1. The van der Waals surface area contributed by atoms with Crippen LogP contribution >= 0.6 is 11.8 Å². The van der Waals surface area contributed by atoms with Gasteiger partial charge in [0, 0.05) is 25.3 Å². The fourth-order valence-corrected chi connectivity index (χ4v) is 5.30. The molecule has 7 nitrogen and oxygen atoms in total. The molecule has 26 heavy (non-hydrogen) atoms. The highest BCUT2D eigenvalue weighted by Gasteiger charge is 2.27. The van der Waals surface area contributed by atoms with Crippen LogP contribution in [0.25, 0.3) is 0 Å². The van der Waals surface area contributed by atoms with Gasteiger partial charge in [-0.1, -0.05) is 24.6 Å². The number of nitrogens with zero attached hydrogens (tertiary/aromatic N) is 2. The van der Waals surface area contributed by atoms with Crippen molar-refractivity contribution < 1.29 is 17.9 Å². The second-order valence-electron chi connectivity index (χ2n) is 6.60. The number of nitrogens with one attached hydrogen (secondary N) is 1. The second kappa shape index (κ2) is 8.69. The van der Waals surface area contributed by atoms with Crippen LogP contribution in [0, 0.1) is 0 Å². The highest BCUT2D eigenvalue weighted by atomic mass is 32.2. The van der Waals surface area contributed by atoms with E-state index in [2.05, 4.69) is 10.3 Å². The van der Waals surface area contributed by atoms with Crippen molar-refractivity contribution in [2.75, 3.05) is 26.3 Å². The smallest absolute Gasteiger partial charge is 0.244 e. The highest BCUT2D eigenvalue weighted by molar-refractivity contribution is 8.00. The molecule has 1 aliphatic carbocycles. The van der Waals surface area contributed by atoms with E-state index in [4.69, 9.17) is 4.74 Å². The lowest BCUT2D eigenvalue weighted by atomic mass is 10.2. The fourth-order valence-electron chi connectivity index (χ4n) is 3.15. The molecular weight excluding hydrogens is 374 g/mol. The molecule has 1 atom stereocenters. The van der Waals surface area contributed by atoms with Gasteiger partial charge in [-0.15, -0.1) is 0 Å². The molecular formula is C17H25N3O4S2. The Kier molecular flexibility index (Phi) is 6.55.